The number of halogens is 1. The third-order valence-electron chi connectivity index (χ3n) is 6.43. The molecule has 3 rings (SSSR count). The Morgan fingerprint density at radius 1 is 1.08 bits per heavy atom. The highest BCUT2D eigenvalue weighted by atomic mass is 35.5. The molecule has 0 bridgehead atoms. The fourth-order valence-corrected chi connectivity index (χ4v) is 4.36. The lowest BCUT2D eigenvalue weighted by molar-refractivity contribution is -0.135. The van der Waals surface area contributed by atoms with E-state index in [0.717, 1.165) is 0 Å². The van der Waals surface area contributed by atoms with Crippen molar-refractivity contribution in [2.24, 2.45) is 5.92 Å². The van der Waals surface area contributed by atoms with Crippen LogP contribution in [0, 0.1) is 5.92 Å². The molecule has 0 unspecified atom stereocenters. The second kappa shape index (κ2) is 12.8. The van der Waals surface area contributed by atoms with Crippen molar-refractivity contribution < 1.29 is 23.9 Å². The number of nitrogens with zero attached hydrogens (tertiary/aromatic N) is 2. The Labute approximate surface area is 223 Å². The van der Waals surface area contributed by atoms with Crippen molar-refractivity contribution >= 4 is 40.8 Å². The number of fused-ring (bicyclic) bond motifs is 1. The van der Waals surface area contributed by atoms with Crippen LogP contribution in [0.15, 0.2) is 42.5 Å². The number of likely N-dealkylation sites (N-methyl/N-ethyl adjacent to an activating group) is 1. The first-order chi connectivity index (χ1) is 17.6. The lowest BCUT2D eigenvalue weighted by atomic mass is 10.0. The highest BCUT2D eigenvalue weighted by Crippen LogP contribution is 2.27. The molecule has 0 spiro atoms. The zero-order valence-electron chi connectivity index (χ0n) is 21.9. The molecule has 0 saturated heterocycles. The quantitative estimate of drug-likeness (QED) is 0.595. The maximum atomic E-state index is 13.5. The predicted octanol–water partition coefficient (Wildman–Crippen LogP) is 4.73. The van der Waals surface area contributed by atoms with E-state index in [-0.39, 0.29) is 36.5 Å². The first-order valence-corrected chi connectivity index (χ1v) is 12.7. The van der Waals surface area contributed by atoms with Crippen LogP contribution in [0.2, 0.25) is 5.02 Å². The molecule has 3 atom stereocenters. The van der Waals surface area contributed by atoms with Gasteiger partial charge in [0.2, 0.25) is 5.91 Å². The fourth-order valence-electron chi connectivity index (χ4n) is 4.23. The van der Waals surface area contributed by atoms with Gasteiger partial charge in [-0.3, -0.25) is 9.59 Å². The number of carbonyl (C=O) groups is 3. The van der Waals surface area contributed by atoms with E-state index in [2.05, 4.69) is 10.6 Å². The van der Waals surface area contributed by atoms with Crippen molar-refractivity contribution in [3.05, 3.63) is 53.1 Å². The van der Waals surface area contributed by atoms with E-state index in [1.807, 2.05) is 25.7 Å². The van der Waals surface area contributed by atoms with Gasteiger partial charge < -0.3 is 29.9 Å². The average Bonchev–Trinajstić information content (AvgIpc) is 2.88. The van der Waals surface area contributed by atoms with Crippen molar-refractivity contribution in [2.75, 3.05) is 44.5 Å². The number of ether oxygens (including phenoxy) is 2. The van der Waals surface area contributed by atoms with Crippen LogP contribution >= 0.6 is 11.6 Å². The number of carbonyl (C=O) groups excluding carboxylic acids is 3. The second-order valence-electron chi connectivity index (χ2n) is 9.29. The van der Waals surface area contributed by atoms with Crippen molar-refractivity contribution in [3.63, 3.8) is 0 Å². The van der Waals surface area contributed by atoms with E-state index in [4.69, 9.17) is 21.1 Å². The summed E-state index contributed by atoms with van der Waals surface area (Å²) in [4.78, 5) is 42.1. The molecule has 2 aromatic carbocycles. The normalized spacial score (nSPS) is 20.7. The van der Waals surface area contributed by atoms with Gasteiger partial charge in [-0.25, -0.2) is 4.79 Å². The van der Waals surface area contributed by atoms with Gasteiger partial charge in [0.05, 0.1) is 17.7 Å². The van der Waals surface area contributed by atoms with Gasteiger partial charge in [-0.15, -0.1) is 0 Å². The summed E-state index contributed by atoms with van der Waals surface area (Å²) in [5.41, 5.74) is 1.30. The largest absolute Gasteiger partial charge is 0.491 e. The van der Waals surface area contributed by atoms with Crippen LogP contribution in [0.3, 0.4) is 0 Å². The van der Waals surface area contributed by atoms with Crippen molar-refractivity contribution in [1.29, 1.82) is 0 Å². The van der Waals surface area contributed by atoms with Crippen LogP contribution in [0.1, 0.15) is 37.6 Å². The monoisotopic (exact) mass is 530 g/mol. The standard InChI is InChI=1S/C27H35ClN4O5/c1-6-25(33)32-14-17(2)24(36-5)15-31(4)26(34)22-13-21(11-12-23(22)37-16-18(32)3)30-27(35)29-20-9-7-19(28)8-10-20/h7-13,17-18,24H,6,14-16H2,1-5H3,(H2,29,30,35)/t17-,18-,24-/m1/s1. The molecule has 10 heteroatoms. The van der Waals surface area contributed by atoms with Crippen molar-refractivity contribution in [1.82, 2.24) is 9.80 Å². The molecule has 2 N–H and O–H groups in total. The van der Waals surface area contributed by atoms with Gasteiger partial charge in [0.1, 0.15) is 12.4 Å². The Kier molecular flexibility index (Phi) is 9.77. The summed E-state index contributed by atoms with van der Waals surface area (Å²) < 4.78 is 11.8. The summed E-state index contributed by atoms with van der Waals surface area (Å²) in [6.07, 6.45) is 0.111. The van der Waals surface area contributed by atoms with E-state index in [1.165, 1.54) is 0 Å². The Balaban J connectivity index is 1.88. The smallest absolute Gasteiger partial charge is 0.323 e. The number of methoxy groups -OCH3 is 1. The Hall–Kier alpha value is -3.30. The Morgan fingerprint density at radius 2 is 1.73 bits per heavy atom. The minimum Gasteiger partial charge on any atom is -0.491 e. The van der Waals surface area contributed by atoms with Gasteiger partial charge in [-0.1, -0.05) is 25.4 Å². The third kappa shape index (κ3) is 7.36. The highest BCUT2D eigenvalue weighted by Gasteiger charge is 2.30. The molecular formula is C27H35ClN4O5. The predicted molar refractivity (Wildman–Crippen MR) is 144 cm³/mol. The number of hydrogen-bond acceptors (Lipinski definition) is 5. The number of hydrogen-bond donors (Lipinski definition) is 2. The molecule has 4 amide bonds. The van der Waals surface area contributed by atoms with Crippen molar-refractivity contribution in [2.45, 2.75) is 39.3 Å². The van der Waals surface area contributed by atoms with E-state index < -0.39 is 6.03 Å². The van der Waals surface area contributed by atoms with Gasteiger partial charge in [-0.05, 0) is 49.4 Å². The topological polar surface area (TPSA) is 100 Å². The molecule has 1 heterocycles. The number of urea groups is 1. The van der Waals surface area contributed by atoms with Crippen LogP contribution in [-0.4, -0.2) is 73.6 Å². The molecular weight excluding hydrogens is 496 g/mol. The molecule has 0 fully saturated rings. The van der Waals surface area contributed by atoms with Gasteiger partial charge in [-0.2, -0.15) is 0 Å². The van der Waals surface area contributed by atoms with Gasteiger partial charge >= 0.3 is 6.03 Å². The molecule has 1 aliphatic rings. The molecule has 9 nitrogen and oxygen atoms in total. The minimum absolute atomic E-state index is 0.0124. The number of anilines is 2. The van der Waals surface area contributed by atoms with E-state index in [1.54, 1.807) is 61.5 Å². The summed E-state index contributed by atoms with van der Waals surface area (Å²) in [5, 5.41) is 6.05. The Bertz CT molecular complexity index is 1110. The summed E-state index contributed by atoms with van der Waals surface area (Å²) in [6, 6.07) is 11.0. The molecule has 37 heavy (non-hydrogen) atoms. The fraction of sp³-hybridized carbons (Fsp3) is 0.444. The van der Waals surface area contributed by atoms with Gasteiger partial charge in [0, 0.05) is 56.0 Å². The third-order valence-corrected chi connectivity index (χ3v) is 6.68. The molecule has 0 radical (unpaired) electrons. The highest BCUT2D eigenvalue weighted by molar-refractivity contribution is 6.30. The van der Waals surface area contributed by atoms with Crippen LogP contribution in [0.25, 0.3) is 0 Å². The Morgan fingerprint density at radius 3 is 2.38 bits per heavy atom. The maximum absolute atomic E-state index is 13.5. The minimum atomic E-state index is -0.465. The molecule has 1 aliphatic heterocycles. The maximum Gasteiger partial charge on any atom is 0.323 e. The summed E-state index contributed by atoms with van der Waals surface area (Å²) in [7, 11) is 3.31. The lowest BCUT2D eigenvalue weighted by Crippen LogP contribution is -2.48. The number of benzene rings is 2. The van der Waals surface area contributed by atoms with Crippen molar-refractivity contribution in [3.8, 4) is 5.75 Å². The summed E-state index contributed by atoms with van der Waals surface area (Å²) >= 11 is 5.90. The number of rotatable bonds is 4. The van der Waals surface area contributed by atoms with E-state index in [0.29, 0.717) is 47.2 Å². The zero-order chi connectivity index (χ0) is 27.1. The van der Waals surface area contributed by atoms with E-state index in [9.17, 15) is 14.4 Å². The van der Waals surface area contributed by atoms with Crippen LogP contribution in [-0.2, 0) is 9.53 Å². The zero-order valence-corrected chi connectivity index (χ0v) is 22.7. The molecule has 2 aromatic rings. The van der Waals surface area contributed by atoms with Crippen LogP contribution in [0.5, 0.6) is 5.75 Å². The first-order valence-electron chi connectivity index (χ1n) is 12.3. The number of nitrogens with one attached hydrogen (secondary N) is 2. The summed E-state index contributed by atoms with van der Waals surface area (Å²) in [5.74, 6) is 0.131. The van der Waals surface area contributed by atoms with Crippen LogP contribution < -0.4 is 15.4 Å². The van der Waals surface area contributed by atoms with Gasteiger partial charge in [0.15, 0.2) is 0 Å². The van der Waals surface area contributed by atoms with Gasteiger partial charge in [0.25, 0.3) is 5.91 Å². The first kappa shape index (κ1) is 28.3. The van der Waals surface area contributed by atoms with E-state index >= 15 is 0 Å². The molecule has 0 saturated carbocycles. The molecule has 0 aromatic heterocycles. The number of amides is 4. The lowest BCUT2D eigenvalue weighted by Gasteiger charge is -2.36. The average molecular weight is 531 g/mol. The SMILES string of the molecule is CCC(=O)N1C[C@@H](C)[C@H](OC)CN(C)C(=O)c2cc(NC(=O)Nc3ccc(Cl)cc3)ccc2OC[C@H]1C. The summed E-state index contributed by atoms with van der Waals surface area (Å²) in [6.45, 7) is 6.81. The molecule has 200 valence electrons. The van der Waals surface area contributed by atoms with Crippen LogP contribution in [0.4, 0.5) is 16.2 Å². The molecule has 0 aliphatic carbocycles. The second-order valence-corrected chi connectivity index (χ2v) is 9.73.